The molecule has 0 saturated carbocycles. The Bertz CT molecular complexity index is 1100. The number of ketones is 1. The highest BCUT2D eigenvalue weighted by Crippen LogP contribution is 2.34. The molecular formula is C23H20N2O5. The average molecular weight is 404 g/mol. The fourth-order valence-electron chi connectivity index (χ4n) is 3.30. The molecule has 0 radical (unpaired) electrons. The summed E-state index contributed by atoms with van der Waals surface area (Å²) in [5.74, 6) is 1.07. The van der Waals surface area contributed by atoms with Crippen LogP contribution >= 0.6 is 0 Å². The van der Waals surface area contributed by atoms with Gasteiger partial charge in [0, 0.05) is 35.9 Å². The summed E-state index contributed by atoms with van der Waals surface area (Å²) in [6.45, 7) is 0.356. The summed E-state index contributed by atoms with van der Waals surface area (Å²) in [6, 6.07) is 15.7. The van der Waals surface area contributed by atoms with Crippen molar-refractivity contribution in [3.8, 4) is 17.4 Å². The Balaban J connectivity index is 1.71. The van der Waals surface area contributed by atoms with Crippen LogP contribution in [-0.2, 0) is 0 Å². The highest BCUT2D eigenvalue weighted by atomic mass is 16.5. The van der Waals surface area contributed by atoms with Crippen LogP contribution in [0, 0.1) is 0 Å². The first-order valence-electron chi connectivity index (χ1n) is 9.41. The number of methoxy groups -OCH3 is 1. The van der Waals surface area contributed by atoms with Gasteiger partial charge in [0.25, 0.3) is 0 Å². The Kier molecular flexibility index (Phi) is 5.34. The summed E-state index contributed by atoms with van der Waals surface area (Å²) in [5.41, 5.74) is 7.93. The molecule has 0 saturated heterocycles. The monoisotopic (exact) mass is 404 g/mol. The van der Waals surface area contributed by atoms with E-state index in [0.717, 1.165) is 11.1 Å². The number of aromatic nitrogens is 1. The molecule has 30 heavy (non-hydrogen) atoms. The Morgan fingerprint density at radius 2 is 1.90 bits per heavy atom. The zero-order valence-electron chi connectivity index (χ0n) is 16.3. The molecule has 2 heterocycles. The molecule has 7 nitrogen and oxygen atoms in total. The van der Waals surface area contributed by atoms with E-state index in [0.29, 0.717) is 41.5 Å². The van der Waals surface area contributed by atoms with E-state index >= 15 is 0 Å². The predicted octanol–water partition coefficient (Wildman–Crippen LogP) is 3.32. The van der Waals surface area contributed by atoms with Gasteiger partial charge in [-0.1, -0.05) is 12.1 Å². The molecular weight excluding hydrogens is 384 g/mol. The first-order valence-corrected chi connectivity index (χ1v) is 9.41. The Morgan fingerprint density at radius 1 is 1.10 bits per heavy atom. The summed E-state index contributed by atoms with van der Waals surface area (Å²) < 4.78 is 17.2. The lowest BCUT2D eigenvalue weighted by atomic mass is 10.0. The van der Waals surface area contributed by atoms with E-state index in [4.69, 9.17) is 19.9 Å². The van der Waals surface area contributed by atoms with Crippen LogP contribution < -0.4 is 19.9 Å². The van der Waals surface area contributed by atoms with E-state index < -0.39 is 12.0 Å². The van der Waals surface area contributed by atoms with Crippen molar-refractivity contribution in [2.75, 3.05) is 13.7 Å². The van der Waals surface area contributed by atoms with Crippen LogP contribution in [-0.4, -0.2) is 30.4 Å². The second kappa shape index (κ2) is 8.24. The molecule has 2 N–H and O–H groups in total. The number of hydrogen-bond donors (Lipinski definition) is 1. The fourth-order valence-corrected chi connectivity index (χ4v) is 3.30. The zero-order valence-corrected chi connectivity index (χ0v) is 16.3. The van der Waals surface area contributed by atoms with Crippen LogP contribution in [0.4, 0.5) is 0 Å². The van der Waals surface area contributed by atoms with Gasteiger partial charge in [-0.2, -0.15) is 0 Å². The standard InChI is InChI=1S/C23H20N2O5/c1-28-21-12-16(8-10-25-21)22(14-2-4-15(5-3-14)23(24)27)30-17-6-7-18-19(26)9-11-29-20(18)13-17/h2-8,10,12-13,22H,9,11H2,1H3,(H2,24,27)/t22-/m0/s1. The number of rotatable bonds is 6. The van der Waals surface area contributed by atoms with Gasteiger partial charge in [-0.25, -0.2) is 4.98 Å². The number of nitrogens with zero attached hydrogens (tertiary/aromatic N) is 1. The first kappa shape index (κ1) is 19.4. The summed E-state index contributed by atoms with van der Waals surface area (Å²) in [6.07, 6.45) is 1.50. The summed E-state index contributed by atoms with van der Waals surface area (Å²) in [4.78, 5) is 27.6. The quantitative estimate of drug-likeness (QED) is 0.676. The average Bonchev–Trinajstić information content (AvgIpc) is 2.77. The fraction of sp³-hybridized carbons (Fsp3) is 0.174. The van der Waals surface area contributed by atoms with E-state index in [1.54, 1.807) is 61.8 Å². The third kappa shape index (κ3) is 3.96. The number of amides is 1. The van der Waals surface area contributed by atoms with Crippen molar-refractivity contribution in [2.24, 2.45) is 5.73 Å². The maximum Gasteiger partial charge on any atom is 0.248 e. The molecule has 1 aromatic heterocycles. The van der Waals surface area contributed by atoms with Crippen LogP contribution in [0.1, 0.15) is 44.4 Å². The van der Waals surface area contributed by atoms with Gasteiger partial charge in [-0.3, -0.25) is 9.59 Å². The van der Waals surface area contributed by atoms with Gasteiger partial charge in [0.15, 0.2) is 5.78 Å². The first-order chi connectivity index (χ1) is 14.5. The minimum atomic E-state index is -0.513. The van der Waals surface area contributed by atoms with Crippen LogP contribution in [0.5, 0.6) is 17.4 Å². The number of primary amides is 1. The normalized spacial score (nSPS) is 13.7. The van der Waals surface area contributed by atoms with Crippen molar-refractivity contribution in [1.29, 1.82) is 0 Å². The van der Waals surface area contributed by atoms with Crippen molar-refractivity contribution in [1.82, 2.24) is 4.98 Å². The topological polar surface area (TPSA) is 101 Å². The lowest BCUT2D eigenvalue weighted by molar-refractivity contribution is 0.0932. The highest BCUT2D eigenvalue weighted by Gasteiger charge is 2.22. The Labute approximate surface area is 173 Å². The number of pyridine rings is 1. The Morgan fingerprint density at radius 3 is 2.63 bits per heavy atom. The number of fused-ring (bicyclic) bond motifs is 1. The van der Waals surface area contributed by atoms with Gasteiger partial charge >= 0.3 is 0 Å². The van der Waals surface area contributed by atoms with Crippen molar-refractivity contribution in [3.05, 3.63) is 83.0 Å². The van der Waals surface area contributed by atoms with Crippen LogP contribution in [0.25, 0.3) is 0 Å². The van der Waals surface area contributed by atoms with Crippen LogP contribution in [0.15, 0.2) is 60.8 Å². The van der Waals surface area contributed by atoms with Gasteiger partial charge in [-0.15, -0.1) is 0 Å². The minimum absolute atomic E-state index is 0.0558. The third-order valence-electron chi connectivity index (χ3n) is 4.86. The van der Waals surface area contributed by atoms with Crippen LogP contribution in [0.3, 0.4) is 0 Å². The molecule has 1 atom stereocenters. The molecule has 0 fully saturated rings. The van der Waals surface area contributed by atoms with E-state index in [1.807, 2.05) is 6.07 Å². The van der Waals surface area contributed by atoms with Crippen molar-refractivity contribution in [3.63, 3.8) is 0 Å². The number of carbonyl (C=O) groups excluding carboxylic acids is 2. The summed E-state index contributed by atoms with van der Waals surface area (Å²) >= 11 is 0. The number of hydrogen-bond acceptors (Lipinski definition) is 6. The number of Topliss-reactive ketones (excluding diaryl/α,β-unsaturated/α-hetero) is 1. The molecule has 1 aliphatic rings. The van der Waals surface area contributed by atoms with Crippen molar-refractivity contribution in [2.45, 2.75) is 12.5 Å². The molecule has 0 aliphatic carbocycles. The van der Waals surface area contributed by atoms with Crippen molar-refractivity contribution < 1.29 is 23.8 Å². The molecule has 0 bridgehead atoms. The molecule has 1 amide bonds. The molecule has 7 heteroatoms. The molecule has 3 aromatic rings. The molecule has 1 aliphatic heterocycles. The van der Waals surface area contributed by atoms with Gasteiger partial charge < -0.3 is 19.9 Å². The summed E-state index contributed by atoms with van der Waals surface area (Å²) in [7, 11) is 1.54. The van der Waals surface area contributed by atoms with Crippen molar-refractivity contribution >= 4 is 11.7 Å². The number of benzene rings is 2. The van der Waals surface area contributed by atoms with E-state index in [2.05, 4.69) is 4.98 Å². The van der Waals surface area contributed by atoms with E-state index in [1.165, 1.54) is 0 Å². The maximum atomic E-state index is 12.0. The minimum Gasteiger partial charge on any atom is -0.492 e. The number of nitrogens with two attached hydrogens (primary N) is 1. The molecule has 152 valence electrons. The van der Waals surface area contributed by atoms with E-state index in [-0.39, 0.29) is 5.78 Å². The maximum absolute atomic E-state index is 12.0. The summed E-state index contributed by atoms with van der Waals surface area (Å²) in [5, 5.41) is 0. The van der Waals surface area contributed by atoms with E-state index in [9.17, 15) is 9.59 Å². The van der Waals surface area contributed by atoms with Gasteiger partial charge in [-0.05, 0) is 35.9 Å². The second-order valence-electron chi connectivity index (χ2n) is 6.80. The largest absolute Gasteiger partial charge is 0.492 e. The number of carbonyl (C=O) groups is 2. The van der Waals surface area contributed by atoms with Gasteiger partial charge in [0.1, 0.15) is 17.6 Å². The Hall–Kier alpha value is -3.87. The zero-order chi connectivity index (χ0) is 21.1. The molecule has 2 aromatic carbocycles. The van der Waals surface area contributed by atoms with Gasteiger partial charge in [0.05, 0.1) is 19.3 Å². The molecule has 4 rings (SSSR count). The third-order valence-corrected chi connectivity index (χ3v) is 4.86. The predicted molar refractivity (Wildman–Crippen MR) is 109 cm³/mol. The smallest absolute Gasteiger partial charge is 0.248 e. The SMILES string of the molecule is COc1cc([C@@H](Oc2ccc3c(c2)OCCC3=O)c2ccc(C(N)=O)cc2)ccn1. The lowest BCUT2D eigenvalue weighted by Crippen LogP contribution is -2.16. The highest BCUT2D eigenvalue weighted by molar-refractivity contribution is 5.99. The lowest BCUT2D eigenvalue weighted by Gasteiger charge is -2.22. The molecule has 0 spiro atoms. The number of ether oxygens (including phenoxy) is 3. The van der Waals surface area contributed by atoms with Crippen LogP contribution in [0.2, 0.25) is 0 Å². The van der Waals surface area contributed by atoms with Gasteiger partial charge in [0.2, 0.25) is 11.8 Å². The molecule has 0 unspecified atom stereocenters. The second-order valence-corrected chi connectivity index (χ2v) is 6.80.